The zero-order valence-corrected chi connectivity index (χ0v) is 15.7. The maximum Gasteiger partial charge on any atom is 0.224 e. The van der Waals surface area contributed by atoms with E-state index in [2.05, 4.69) is 5.32 Å². The van der Waals surface area contributed by atoms with Gasteiger partial charge in [0.1, 0.15) is 0 Å². The predicted molar refractivity (Wildman–Crippen MR) is 99.6 cm³/mol. The second kappa shape index (κ2) is 9.53. The van der Waals surface area contributed by atoms with Gasteiger partial charge in [-0.15, -0.1) is 12.4 Å². The summed E-state index contributed by atoms with van der Waals surface area (Å²) in [7, 11) is 0. The third-order valence-electron chi connectivity index (χ3n) is 4.77. The van der Waals surface area contributed by atoms with E-state index in [4.69, 9.17) is 16.3 Å². The van der Waals surface area contributed by atoms with Gasteiger partial charge >= 0.3 is 0 Å². The number of ether oxygens (including phenoxy) is 1. The van der Waals surface area contributed by atoms with Crippen LogP contribution in [0.1, 0.15) is 29.6 Å². The summed E-state index contributed by atoms with van der Waals surface area (Å²) in [5, 5.41) is 3.94. The monoisotopic (exact) mass is 386 g/mol. The van der Waals surface area contributed by atoms with Gasteiger partial charge in [0, 0.05) is 48.6 Å². The molecule has 0 bridgehead atoms. The number of Topliss-reactive ketones (excluding diaryl/α,β-unsaturated/α-hetero) is 1. The maximum atomic E-state index is 12.5. The van der Waals surface area contributed by atoms with E-state index in [0.717, 1.165) is 19.4 Å². The van der Waals surface area contributed by atoms with Gasteiger partial charge in [0.2, 0.25) is 5.91 Å². The van der Waals surface area contributed by atoms with Crippen LogP contribution in [0.3, 0.4) is 0 Å². The molecule has 2 aliphatic rings. The van der Waals surface area contributed by atoms with Crippen molar-refractivity contribution in [3.05, 3.63) is 34.9 Å². The Kier molecular flexibility index (Phi) is 7.69. The number of piperidine rings is 1. The van der Waals surface area contributed by atoms with Crippen LogP contribution in [0, 0.1) is 5.92 Å². The van der Waals surface area contributed by atoms with Crippen molar-refractivity contribution in [3.63, 3.8) is 0 Å². The van der Waals surface area contributed by atoms with Gasteiger partial charge < -0.3 is 15.0 Å². The van der Waals surface area contributed by atoms with Crippen molar-refractivity contribution in [2.45, 2.75) is 25.3 Å². The van der Waals surface area contributed by atoms with Crippen molar-refractivity contribution >= 4 is 35.7 Å². The Bertz CT molecular complexity index is 580. The minimum Gasteiger partial charge on any atom is -0.378 e. The van der Waals surface area contributed by atoms with Gasteiger partial charge in [0.15, 0.2) is 5.78 Å². The Balaban J connectivity index is 0.00000225. The average Bonchev–Trinajstić information content (AvgIpc) is 2.63. The van der Waals surface area contributed by atoms with Gasteiger partial charge in [0.05, 0.1) is 13.2 Å². The Morgan fingerprint density at radius 1 is 1.20 bits per heavy atom. The van der Waals surface area contributed by atoms with Gasteiger partial charge in [-0.2, -0.15) is 0 Å². The molecule has 3 rings (SSSR count). The summed E-state index contributed by atoms with van der Waals surface area (Å²) in [6.45, 7) is 3.41. The highest BCUT2D eigenvalue weighted by Gasteiger charge is 2.29. The first kappa shape index (κ1) is 20.2. The standard InChI is InChI=1S/C18H23ClN2O3.ClH/c19-15-3-1-13(2-4-15)18(23)14-5-8-21(9-6-14)17(22)11-16-12-24-10-7-20-16;/h1-4,14,16,20H,5-12H2;1H. The van der Waals surface area contributed by atoms with Crippen LogP contribution < -0.4 is 5.32 Å². The highest BCUT2D eigenvalue weighted by molar-refractivity contribution is 6.30. The molecule has 5 nitrogen and oxygen atoms in total. The largest absolute Gasteiger partial charge is 0.378 e. The third-order valence-corrected chi connectivity index (χ3v) is 5.02. The lowest BCUT2D eigenvalue weighted by molar-refractivity contribution is -0.133. The lowest BCUT2D eigenvalue weighted by Gasteiger charge is -2.33. The topological polar surface area (TPSA) is 58.6 Å². The van der Waals surface area contributed by atoms with Crippen molar-refractivity contribution in [3.8, 4) is 0 Å². The minimum absolute atomic E-state index is 0. The summed E-state index contributed by atoms with van der Waals surface area (Å²) in [4.78, 5) is 26.8. The molecule has 2 aliphatic heterocycles. The molecule has 0 spiro atoms. The smallest absolute Gasteiger partial charge is 0.224 e. The number of carbonyl (C=O) groups excluding carboxylic acids is 2. The molecule has 2 heterocycles. The van der Waals surface area contributed by atoms with E-state index in [-0.39, 0.29) is 36.1 Å². The molecule has 2 saturated heterocycles. The van der Waals surface area contributed by atoms with Crippen LogP contribution in [0.15, 0.2) is 24.3 Å². The van der Waals surface area contributed by atoms with E-state index in [0.29, 0.717) is 43.3 Å². The number of nitrogens with zero attached hydrogens (tertiary/aromatic N) is 1. The van der Waals surface area contributed by atoms with Crippen molar-refractivity contribution in [1.82, 2.24) is 10.2 Å². The number of hydrogen-bond donors (Lipinski definition) is 1. The third kappa shape index (κ3) is 5.42. The lowest BCUT2D eigenvalue weighted by Crippen LogP contribution is -2.47. The SMILES string of the molecule is Cl.O=C(c1ccc(Cl)cc1)C1CCN(C(=O)CC2COCCN2)CC1. The summed E-state index contributed by atoms with van der Waals surface area (Å²) in [5.41, 5.74) is 0.702. The number of morpholine rings is 1. The Labute approximate surface area is 159 Å². The van der Waals surface area contributed by atoms with E-state index in [9.17, 15) is 9.59 Å². The molecule has 0 aromatic heterocycles. The van der Waals surface area contributed by atoms with Crippen molar-refractivity contribution in [2.75, 3.05) is 32.8 Å². The normalized spacial score (nSPS) is 21.5. The number of amides is 1. The van der Waals surface area contributed by atoms with Crippen LogP contribution in [0.2, 0.25) is 5.02 Å². The Morgan fingerprint density at radius 3 is 2.48 bits per heavy atom. The molecule has 1 amide bonds. The van der Waals surface area contributed by atoms with Gasteiger partial charge in [-0.3, -0.25) is 9.59 Å². The number of rotatable bonds is 4. The fraction of sp³-hybridized carbons (Fsp3) is 0.556. The molecule has 2 fully saturated rings. The van der Waals surface area contributed by atoms with E-state index >= 15 is 0 Å². The van der Waals surface area contributed by atoms with Crippen molar-refractivity contribution in [2.24, 2.45) is 5.92 Å². The molecule has 1 atom stereocenters. The highest BCUT2D eigenvalue weighted by atomic mass is 35.5. The quantitative estimate of drug-likeness (QED) is 0.807. The molecular formula is C18H24Cl2N2O3. The van der Waals surface area contributed by atoms with Crippen molar-refractivity contribution in [1.29, 1.82) is 0 Å². The molecule has 138 valence electrons. The van der Waals surface area contributed by atoms with Crippen LogP contribution in [0.5, 0.6) is 0 Å². The minimum atomic E-state index is -0.00800. The van der Waals surface area contributed by atoms with Crippen LogP contribution >= 0.6 is 24.0 Å². The number of carbonyl (C=O) groups is 2. The van der Waals surface area contributed by atoms with Crippen LogP contribution in [0.25, 0.3) is 0 Å². The Hall–Kier alpha value is -1.14. The summed E-state index contributed by atoms with van der Waals surface area (Å²) >= 11 is 5.87. The van der Waals surface area contributed by atoms with E-state index in [1.165, 1.54) is 0 Å². The highest BCUT2D eigenvalue weighted by Crippen LogP contribution is 2.23. The molecule has 0 aliphatic carbocycles. The average molecular weight is 387 g/mol. The van der Waals surface area contributed by atoms with Gasteiger partial charge in [-0.1, -0.05) is 11.6 Å². The molecule has 1 unspecified atom stereocenters. The first-order valence-corrected chi connectivity index (χ1v) is 8.90. The fourth-order valence-electron chi connectivity index (χ4n) is 3.33. The number of likely N-dealkylation sites (tertiary alicyclic amines) is 1. The summed E-state index contributed by atoms with van der Waals surface area (Å²) in [5.74, 6) is 0.294. The molecule has 1 aromatic rings. The first-order valence-electron chi connectivity index (χ1n) is 8.52. The second-order valence-corrected chi connectivity index (χ2v) is 6.89. The number of ketones is 1. The molecule has 25 heavy (non-hydrogen) atoms. The van der Waals surface area contributed by atoms with Crippen molar-refractivity contribution < 1.29 is 14.3 Å². The number of hydrogen-bond acceptors (Lipinski definition) is 4. The predicted octanol–water partition coefficient (Wildman–Crippen LogP) is 2.56. The molecule has 7 heteroatoms. The number of benzene rings is 1. The fourth-order valence-corrected chi connectivity index (χ4v) is 3.46. The van der Waals surface area contributed by atoms with Gasteiger partial charge in [0.25, 0.3) is 0 Å². The summed E-state index contributed by atoms with van der Waals surface area (Å²) in [6, 6.07) is 7.15. The molecule has 1 aromatic carbocycles. The van der Waals surface area contributed by atoms with Crippen LogP contribution in [0.4, 0.5) is 0 Å². The zero-order chi connectivity index (χ0) is 16.9. The second-order valence-electron chi connectivity index (χ2n) is 6.46. The van der Waals surface area contributed by atoms with Crippen LogP contribution in [-0.4, -0.2) is 55.5 Å². The van der Waals surface area contributed by atoms with Gasteiger partial charge in [-0.05, 0) is 37.1 Å². The molecule has 0 radical (unpaired) electrons. The molecule has 0 saturated carbocycles. The molecule has 1 N–H and O–H groups in total. The Morgan fingerprint density at radius 2 is 1.88 bits per heavy atom. The van der Waals surface area contributed by atoms with E-state index in [1.54, 1.807) is 24.3 Å². The number of halogens is 2. The summed E-state index contributed by atoms with van der Waals surface area (Å²) in [6.07, 6.45) is 1.92. The first-order chi connectivity index (χ1) is 11.6. The number of nitrogens with one attached hydrogen (secondary N) is 1. The molecular weight excluding hydrogens is 363 g/mol. The zero-order valence-electron chi connectivity index (χ0n) is 14.1. The summed E-state index contributed by atoms with van der Waals surface area (Å²) < 4.78 is 5.39. The van der Waals surface area contributed by atoms with Crippen LogP contribution in [-0.2, 0) is 9.53 Å². The maximum absolute atomic E-state index is 12.5. The van der Waals surface area contributed by atoms with E-state index < -0.39 is 0 Å². The van der Waals surface area contributed by atoms with E-state index in [1.807, 2.05) is 4.90 Å². The lowest BCUT2D eigenvalue weighted by atomic mass is 9.88. The van der Waals surface area contributed by atoms with Gasteiger partial charge in [-0.25, -0.2) is 0 Å².